The van der Waals surface area contributed by atoms with Crippen molar-refractivity contribution in [1.29, 1.82) is 0 Å². The summed E-state index contributed by atoms with van der Waals surface area (Å²) in [6.45, 7) is 3.57. The molecular weight excluding hydrogens is 347 g/mol. The summed E-state index contributed by atoms with van der Waals surface area (Å²) in [5.41, 5.74) is 5.63. The molecule has 1 rings (SSSR count). The van der Waals surface area contributed by atoms with Crippen LogP contribution in [-0.4, -0.2) is 37.5 Å². The lowest BCUT2D eigenvalue weighted by Crippen LogP contribution is -2.42. The molecule has 0 aliphatic rings. The van der Waals surface area contributed by atoms with Gasteiger partial charge in [0.05, 0.1) is 6.04 Å². The van der Waals surface area contributed by atoms with Crippen molar-refractivity contribution in [2.24, 2.45) is 11.7 Å². The van der Waals surface area contributed by atoms with Crippen molar-refractivity contribution in [3.05, 3.63) is 35.4 Å². The van der Waals surface area contributed by atoms with Crippen LogP contribution in [0.5, 0.6) is 0 Å². The average molecular weight is 372 g/mol. The van der Waals surface area contributed by atoms with Crippen LogP contribution in [0.3, 0.4) is 0 Å². The zero-order valence-corrected chi connectivity index (χ0v) is 15.3. The van der Waals surface area contributed by atoms with E-state index in [1.165, 1.54) is 18.2 Å². The van der Waals surface area contributed by atoms with Gasteiger partial charge in [-0.3, -0.25) is 4.79 Å². The predicted molar refractivity (Wildman–Crippen MR) is 93.1 cm³/mol. The molecule has 8 heteroatoms. The second-order valence-electron chi connectivity index (χ2n) is 5.51. The van der Waals surface area contributed by atoms with E-state index in [0.29, 0.717) is 0 Å². The number of halogens is 4. The van der Waals surface area contributed by atoms with Crippen LogP contribution >= 0.6 is 24.8 Å². The molecule has 3 atom stereocenters. The largest absolute Gasteiger partial charge is 0.354 e. The Labute approximate surface area is 148 Å². The SMILES string of the molecule is CC(N)C(C)C(=O)NCC(c1c(F)cccc1F)N(C)C.Cl.Cl. The van der Waals surface area contributed by atoms with E-state index in [0.717, 1.165) is 0 Å². The lowest BCUT2D eigenvalue weighted by Gasteiger charge is -2.26. The van der Waals surface area contributed by atoms with E-state index in [9.17, 15) is 13.6 Å². The second-order valence-corrected chi connectivity index (χ2v) is 5.51. The summed E-state index contributed by atoms with van der Waals surface area (Å²) in [7, 11) is 3.41. The quantitative estimate of drug-likeness (QED) is 0.807. The van der Waals surface area contributed by atoms with Gasteiger partial charge < -0.3 is 16.0 Å². The van der Waals surface area contributed by atoms with Crippen LogP contribution in [0.4, 0.5) is 8.78 Å². The standard InChI is InChI=1S/C15H23F2N3O.2ClH/c1-9(10(2)18)15(21)19-8-13(20(3)4)14-11(16)6-5-7-12(14)17;;/h5-7,9-10,13H,8,18H2,1-4H3,(H,19,21);2*1H. The molecule has 3 N–H and O–H groups in total. The van der Waals surface area contributed by atoms with Gasteiger partial charge in [-0.15, -0.1) is 24.8 Å². The zero-order chi connectivity index (χ0) is 16.2. The Kier molecular flexibility index (Phi) is 11.4. The number of nitrogens with two attached hydrogens (primary N) is 1. The number of rotatable bonds is 6. The molecule has 0 saturated carbocycles. The van der Waals surface area contributed by atoms with Gasteiger partial charge in [0.2, 0.25) is 5.91 Å². The smallest absolute Gasteiger partial charge is 0.224 e. The van der Waals surface area contributed by atoms with E-state index < -0.39 is 17.7 Å². The van der Waals surface area contributed by atoms with Crippen molar-refractivity contribution in [2.75, 3.05) is 20.6 Å². The van der Waals surface area contributed by atoms with Crippen molar-refractivity contribution >= 4 is 30.7 Å². The first-order valence-electron chi connectivity index (χ1n) is 6.89. The van der Waals surface area contributed by atoms with Crippen LogP contribution in [0, 0.1) is 17.6 Å². The number of likely N-dealkylation sites (N-methyl/N-ethyl adjacent to an activating group) is 1. The van der Waals surface area contributed by atoms with E-state index in [1.807, 2.05) is 0 Å². The minimum Gasteiger partial charge on any atom is -0.354 e. The highest BCUT2D eigenvalue weighted by atomic mass is 35.5. The van der Waals surface area contributed by atoms with E-state index >= 15 is 0 Å². The molecule has 4 nitrogen and oxygen atoms in total. The molecule has 0 bridgehead atoms. The minimum absolute atomic E-state index is 0. The van der Waals surface area contributed by atoms with Crippen LogP contribution in [0.2, 0.25) is 0 Å². The zero-order valence-electron chi connectivity index (χ0n) is 13.7. The fourth-order valence-corrected chi connectivity index (χ4v) is 1.97. The molecule has 0 aliphatic carbocycles. The lowest BCUT2D eigenvalue weighted by atomic mass is 10.0. The monoisotopic (exact) mass is 371 g/mol. The molecule has 0 heterocycles. The van der Waals surface area contributed by atoms with E-state index in [-0.39, 0.29) is 54.8 Å². The Morgan fingerprint density at radius 2 is 1.70 bits per heavy atom. The van der Waals surface area contributed by atoms with Gasteiger partial charge in [0.25, 0.3) is 0 Å². The summed E-state index contributed by atoms with van der Waals surface area (Å²) in [5.74, 6) is -1.83. The molecule has 1 aromatic carbocycles. The van der Waals surface area contributed by atoms with Crippen LogP contribution in [-0.2, 0) is 4.79 Å². The molecular formula is C15H25Cl2F2N3O. The summed E-state index contributed by atoms with van der Waals surface area (Å²) >= 11 is 0. The first kappa shape index (κ1) is 24.3. The summed E-state index contributed by atoms with van der Waals surface area (Å²) in [6, 6.07) is 2.86. The van der Waals surface area contributed by atoms with Crippen LogP contribution in [0.1, 0.15) is 25.5 Å². The van der Waals surface area contributed by atoms with E-state index in [1.54, 1.807) is 32.8 Å². The molecule has 1 amide bonds. The Balaban J connectivity index is 0. The van der Waals surface area contributed by atoms with Crippen molar-refractivity contribution in [3.63, 3.8) is 0 Å². The van der Waals surface area contributed by atoms with Gasteiger partial charge in [-0.2, -0.15) is 0 Å². The molecule has 0 radical (unpaired) electrons. The summed E-state index contributed by atoms with van der Waals surface area (Å²) in [5, 5.41) is 2.70. The van der Waals surface area contributed by atoms with Gasteiger partial charge in [0.15, 0.2) is 0 Å². The number of hydrogen-bond donors (Lipinski definition) is 2. The summed E-state index contributed by atoms with van der Waals surface area (Å²) in [4.78, 5) is 13.6. The molecule has 0 saturated heterocycles. The highest BCUT2D eigenvalue weighted by Gasteiger charge is 2.24. The van der Waals surface area contributed by atoms with Crippen LogP contribution in [0.25, 0.3) is 0 Å². The Morgan fingerprint density at radius 3 is 2.09 bits per heavy atom. The van der Waals surface area contributed by atoms with Crippen molar-refractivity contribution in [2.45, 2.75) is 25.9 Å². The summed E-state index contributed by atoms with van der Waals surface area (Å²) < 4.78 is 27.7. The van der Waals surface area contributed by atoms with Crippen molar-refractivity contribution < 1.29 is 13.6 Å². The molecule has 0 spiro atoms. The number of hydrogen-bond acceptors (Lipinski definition) is 3. The van der Waals surface area contributed by atoms with Crippen LogP contribution in [0.15, 0.2) is 18.2 Å². The number of benzene rings is 1. The third-order valence-corrected chi connectivity index (χ3v) is 3.63. The third kappa shape index (κ3) is 6.59. The van der Waals surface area contributed by atoms with Gasteiger partial charge in [-0.05, 0) is 33.2 Å². The van der Waals surface area contributed by atoms with Gasteiger partial charge >= 0.3 is 0 Å². The molecule has 0 aliphatic heterocycles. The topological polar surface area (TPSA) is 58.4 Å². The molecule has 3 unspecified atom stereocenters. The van der Waals surface area contributed by atoms with Gasteiger partial charge in [0, 0.05) is 24.1 Å². The number of nitrogens with zero attached hydrogens (tertiary/aromatic N) is 1. The first-order chi connectivity index (χ1) is 9.75. The molecule has 23 heavy (non-hydrogen) atoms. The van der Waals surface area contributed by atoms with Gasteiger partial charge in [-0.1, -0.05) is 13.0 Å². The maximum Gasteiger partial charge on any atom is 0.224 e. The maximum absolute atomic E-state index is 13.9. The number of carbonyl (C=O) groups excluding carboxylic acids is 1. The summed E-state index contributed by atoms with van der Waals surface area (Å²) in [6.07, 6.45) is 0. The molecule has 1 aromatic rings. The fraction of sp³-hybridized carbons (Fsp3) is 0.533. The average Bonchev–Trinajstić information content (AvgIpc) is 2.40. The third-order valence-electron chi connectivity index (χ3n) is 3.63. The predicted octanol–water partition coefficient (Wildman–Crippen LogP) is 2.51. The number of amides is 1. The Morgan fingerprint density at radius 1 is 1.22 bits per heavy atom. The number of carbonyl (C=O) groups is 1. The second kappa shape index (κ2) is 10.8. The highest BCUT2D eigenvalue weighted by molar-refractivity contribution is 5.85. The Bertz CT molecular complexity index is 481. The van der Waals surface area contributed by atoms with Crippen molar-refractivity contribution in [3.8, 4) is 0 Å². The molecule has 0 aromatic heterocycles. The van der Waals surface area contributed by atoms with Gasteiger partial charge in [0.1, 0.15) is 11.6 Å². The van der Waals surface area contributed by atoms with Gasteiger partial charge in [-0.25, -0.2) is 8.78 Å². The van der Waals surface area contributed by atoms with Crippen molar-refractivity contribution in [1.82, 2.24) is 10.2 Å². The van der Waals surface area contributed by atoms with E-state index in [2.05, 4.69) is 5.32 Å². The highest BCUT2D eigenvalue weighted by Crippen LogP contribution is 2.24. The minimum atomic E-state index is -0.622. The first-order valence-corrected chi connectivity index (χ1v) is 6.89. The maximum atomic E-state index is 13.9. The fourth-order valence-electron chi connectivity index (χ4n) is 1.97. The molecule has 0 fully saturated rings. The van der Waals surface area contributed by atoms with Crippen LogP contribution < -0.4 is 11.1 Å². The normalized spacial score (nSPS) is 14.3. The Hall–Kier alpha value is -0.950. The lowest BCUT2D eigenvalue weighted by molar-refractivity contribution is -0.125. The molecule has 134 valence electrons. The van der Waals surface area contributed by atoms with E-state index in [4.69, 9.17) is 5.73 Å². The number of nitrogens with one attached hydrogen (secondary N) is 1.